The molecule has 194 valence electrons. The summed E-state index contributed by atoms with van der Waals surface area (Å²) in [6.45, 7) is 16.3. The lowest BCUT2D eigenvalue weighted by molar-refractivity contribution is -0.0659. The van der Waals surface area contributed by atoms with Crippen LogP contribution in [0.4, 0.5) is 16.4 Å². The fourth-order valence-electron chi connectivity index (χ4n) is 3.74. The maximum absolute atomic E-state index is 10.3. The van der Waals surface area contributed by atoms with Crippen LogP contribution in [0, 0.1) is 36.5 Å². The Labute approximate surface area is 220 Å². The van der Waals surface area contributed by atoms with E-state index < -0.39 is 5.60 Å². The van der Waals surface area contributed by atoms with Gasteiger partial charge in [-0.15, -0.1) is 21.6 Å². The standard InChI is InChI=1S/C28H39N5O2S/c1-8-27(6,34)14-16-35-28(7,9-2)13-15-33(10-3)22-11-12-24(20(4)17-22)31-32-26-23(18-29)21(5)25(19-30)36-26/h11-12,17,34H,8-10,13-16H2,1-7H3/b32-31+. The molecule has 2 atom stereocenters. The van der Waals surface area contributed by atoms with E-state index in [-0.39, 0.29) is 5.60 Å². The molecule has 0 aliphatic rings. The Morgan fingerprint density at radius 2 is 1.78 bits per heavy atom. The van der Waals surface area contributed by atoms with Crippen molar-refractivity contribution in [3.63, 3.8) is 0 Å². The second-order valence-corrected chi connectivity index (χ2v) is 10.7. The van der Waals surface area contributed by atoms with E-state index in [2.05, 4.69) is 54.1 Å². The number of ether oxygens (including phenoxy) is 1. The number of nitriles is 2. The fourth-order valence-corrected chi connectivity index (χ4v) is 4.62. The molecule has 36 heavy (non-hydrogen) atoms. The molecule has 0 aliphatic carbocycles. The van der Waals surface area contributed by atoms with Gasteiger partial charge in [0.1, 0.15) is 17.0 Å². The number of rotatable bonds is 13. The van der Waals surface area contributed by atoms with Gasteiger partial charge < -0.3 is 14.7 Å². The minimum Gasteiger partial charge on any atom is -0.390 e. The highest BCUT2D eigenvalue weighted by Crippen LogP contribution is 2.36. The van der Waals surface area contributed by atoms with Gasteiger partial charge >= 0.3 is 0 Å². The average Bonchev–Trinajstić information content (AvgIpc) is 3.17. The molecule has 1 aromatic heterocycles. The highest BCUT2D eigenvalue weighted by molar-refractivity contribution is 7.16. The molecule has 0 bridgehead atoms. The maximum Gasteiger partial charge on any atom is 0.158 e. The summed E-state index contributed by atoms with van der Waals surface area (Å²) in [6, 6.07) is 10.3. The Balaban J connectivity index is 2.10. The van der Waals surface area contributed by atoms with Crippen molar-refractivity contribution in [1.82, 2.24) is 0 Å². The molecule has 0 saturated carbocycles. The van der Waals surface area contributed by atoms with Crippen LogP contribution in [0.2, 0.25) is 0 Å². The first-order chi connectivity index (χ1) is 17.0. The Kier molecular flexibility index (Phi) is 10.6. The minimum absolute atomic E-state index is 0.250. The third-order valence-corrected chi connectivity index (χ3v) is 8.11. The van der Waals surface area contributed by atoms with E-state index in [1.807, 2.05) is 32.9 Å². The monoisotopic (exact) mass is 509 g/mol. The summed E-state index contributed by atoms with van der Waals surface area (Å²) in [5.74, 6) is 0. The molecule has 1 aromatic carbocycles. The predicted molar refractivity (Wildman–Crippen MR) is 147 cm³/mol. The molecule has 1 N–H and O–H groups in total. The number of thiophene rings is 1. The number of hydrogen-bond acceptors (Lipinski definition) is 8. The number of benzene rings is 1. The summed E-state index contributed by atoms with van der Waals surface area (Å²) in [5.41, 5.74) is 2.95. The third kappa shape index (κ3) is 7.61. The molecule has 0 radical (unpaired) electrons. The summed E-state index contributed by atoms with van der Waals surface area (Å²) in [7, 11) is 0. The van der Waals surface area contributed by atoms with Crippen molar-refractivity contribution in [3.05, 3.63) is 39.8 Å². The SMILES string of the molecule is CCN(CCC(C)(CC)OCCC(C)(O)CC)c1ccc(/N=N/c2sc(C#N)c(C)c2C#N)c(C)c1. The highest BCUT2D eigenvalue weighted by atomic mass is 32.1. The van der Waals surface area contributed by atoms with Gasteiger partial charge in [-0.2, -0.15) is 10.5 Å². The van der Waals surface area contributed by atoms with Crippen LogP contribution in [0.3, 0.4) is 0 Å². The second kappa shape index (κ2) is 13.0. The number of nitrogens with zero attached hydrogens (tertiary/aromatic N) is 5. The van der Waals surface area contributed by atoms with Crippen molar-refractivity contribution < 1.29 is 9.84 Å². The zero-order chi connectivity index (χ0) is 26.9. The van der Waals surface area contributed by atoms with E-state index in [0.717, 1.165) is 42.9 Å². The van der Waals surface area contributed by atoms with Gasteiger partial charge in [0.25, 0.3) is 0 Å². The van der Waals surface area contributed by atoms with Gasteiger partial charge in [0.05, 0.1) is 29.1 Å². The molecule has 0 fully saturated rings. The lowest BCUT2D eigenvalue weighted by Crippen LogP contribution is -2.36. The van der Waals surface area contributed by atoms with Crippen LogP contribution in [0.1, 0.15) is 81.9 Å². The molecule has 8 heteroatoms. The zero-order valence-electron chi connectivity index (χ0n) is 22.7. The minimum atomic E-state index is -0.683. The first kappa shape index (κ1) is 29.5. The predicted octanol–water partition coefficient (Wildman–Crippen LogP) is 7.48. The van der Waals surface area contributed by atoms with Crippen LogP contribution in [0.25, 0.3) is 0 Å². The largest absolute Gasteiger partial charge is 0.390 e. The molecule has 1 heterocycles. The van der Waals surface area contributed by atoms with Crippen LogP contribution in [0.5, 0.6) is 0 Å². The van der Waals surface area contributed by atoms with E-state index >= 15 is 0 Å². The van der Waals surface area contributed by atoms with E-state index in [1.54, 1.807) is 6.92 Å². The van der Waals surface area contributed by atoms with Gasteiger partial charge in [-0.1, -0.05) is 13.8 Å². The van der Waals surface area contributed by atoms with Gasteiger partial charge in [0, 0.05) is 18.8 Å². The molecular weight excluding hydrogens is 470 g/mol. The van der Waals surface area contributed by atoms with Gasteiger partial charge in [-0.3, -0.25) is 0 Å². The summed E-state index contributed by atoms with van der Waals surface area (Å²) < 4.78 is 6.25. The van der Waals surface area contributed by atoms with E-state index in [1.165, 1.54) is 11.3 Å². The van der Waals surface area contributed by atoms with Crippen molar-refractivity contribution in [1.29, 1.82) is 10.5 Å². The number of azo groups is 1. The van der Waals surface area contributed by atoms with Crippen LogP contribution in [0.15, 0.2) is 28.4 Å². The zero-order valence-corrected chi connectivity index (χ0v) is 23.5. The van der Waals surface area contributed by atoms with Crippen LogP contribution < -0.4 is 4.90 Å². The Hall–Kier alpha value is -2.78. The molecule has 0 amide bonds. The van der Waals surface area contributed by atoms with Crippen LogP contribution >= 0.6 is 11.3 Å². The van der Waals surface area contributed by atoms with Crippen molar-refractivity contribution in [2.24, 2.45) is 10.2 Å². The van der Waals surface area contributed by atoms with E-state index in [4.69, 9.17) is 4.74 Å². The average molecular weight is 510 g/mol. The van der Waals surface area contributed by atoms with Crippen molar-refractivity contribution in [3.8, 4) is 12.1 Å². The number of aryl methyl sites for hydroxylation is 1. The second-order valence-electron chi connectivity index (χ2n) is 9.71. The highest BCUT2D eigenvalue weighted by Gasteiger charge is 2.26. The van der Waals surface area contributed by atoms with Crippen molar-refractivity contribution in [2.75, 3.05) is 24.6 Å². The Morgan fingerprint density at radius 1 is 1.06 bits per heavy atom. The smallest absolute Gasteiger partial charge is 0.158 e. The summed E-state index contributed by atoms with van der Waals surface area (Å²) in [5, 5.41) is 38.1. The van der Waals surface area contributed by atoms with E-state index in [0.29, 0.717) is 40.5 Å². The number of aliphatic hydroxyl groups is 1. The lowest BCUT2D eigenvalue weighted by atomic mass is 9.97. The number of hydrogen-bond donors (Lipinski definition) is 1. The lowest BCUT2D eigenvalue weighted by Gasteiger charge is -2.34. The molecule has 2 aromatic rings. The molecule has 2 unspecified atom stereocenters. The molecule has 7 nitrogen and oxygen atoms in total. The first-order valence-electron chi connectivity index (χ1n) is 12.6. The van der Waals surface area contributed by atoms with Crippen molar-refractivity contribution in [2.45, 2.75) is 85.4 Å². The molecule has 0 aliphatic heterocycles. The topological polar surface area (TPSA) is 105 Å². The molecule has 2 rings (SSSR count). The Morgan fingerprint density at radius 3 is 2.33 bits per heavy atom. The van der Waals surface area contributed by atoms with Gasteiger partial charge in [0.2, 0.25) is 0 Å². The molecule has 0 spiro atoms. The normalized spacial score (nSPS) is 14.7. The first-order valence-corrected chi connectivity index (χ1v) is 13.4. The summed E-state index contributed by atoms with van der Waals surface area (Å²) >= 11 is 1.19. The van der Waals surface area contributed by atoms with Crippen LogP contribution in [-0.4, -0.2) is 36.0 Å². The Bertz CT molecular complexity index is 1140. The molecular formula is C28H39N5O2S. The summed E-state index contributed by atoms with van der Waals surface area (Å²) in [6.07, 6.45) is 3.12. The number of anilines is 1. The van der Waals surface area contributed by atoms with Crippen molar-refractivity contribution >= 4 is 27.7 Å². The fraction of sp³-hybridized carbons (Fsp3) is 0.571. The quantitative estimate of drug-likeness (QED) is 0.282. The van der Waals surface area contributed by atoms with Gasteiger partial charge in [-0.05, 0) is 89.6 Å². The van der Waals surface area contributed by atoms with Gasteiger partial charge in [0.15, 0.2) is 5.00 Å². The maximum atomic E-state index is 10.3. The van der Waals surface area contributed by atoms with E-state index in [9.17, 15) is 15.6 Å². The van der Waals surface area contributed by atoms with Crippen LogP contribution in [-0.2, 0) is 4.74 Å². The third-order valence-electron chi connectivity index (χ3n) is 7.03. The van der Waals surface area contributed by atoms with Gasteiger partial charge in [-0.25, -0.2) is 0 Å². The molecule has 0 saturated heterocycles. The summed E-state index contributed by atoms with van der Waals surface area (Å²) in [4.78, 5) is 2.81.